The first-order valence-corrected chi connectivity index (χ1v) is 8.65. The van der Waals surface area contributed by atoms with E-state index in [4.69, 9.17) is 14.2 Å². The van der Waals surface area contributed by atoms with E-state index in [1.807, 2.05) is 20.8 Å². The molecular weight excluding hydrogens is 326 g/mol. The molecule has 0 spiro atoms. The average molecular weight is 357 g/mol. The molecule has 1 fully saturated rings. The third-order valence-corrected chi connectivity index (χ3v) is 3.39. The van der Waals surface area contributed by atoms with Crippen molar-refractivity contribution in [3.63, 3.8) is 0 Å². The molecule has 7 nitrogen and oxygen atoms in total. The number of hydrogen-bond donors (Lipinski definition) is 0. The van der Waals surface area contributed by atoms with Gasteiger partial charge in [0.25, 0.3) is 0 Å². The van der Waals surface area contributed by atoms with E-state index in [-0.39, 0.29) is 24.4 Å². The van der Waals surface area contributed by atoms with Gasteiger partial charge in [0.2, 0.25) is 0 Å². The zero-order valence-corrected chi connectivity index (χ0v) is 16.4. The summed E-state index contributed by atoms with van der Waals surface area (Å²) in [5, 5.41) is 0. The van der Waals surface area contributed by atoms with E-state index in [9.17, 15) is 14.4 Å². The zero-order chi connectivity index (χ0) is 19.4. The standard InChI is InChI=1S/C18H31NO6/c1-12(14(20)10-15(21)24-17(2,3)4)23-13-8-9-19(11-13)16(22)25-18(5,6)7/h12-13H,8-11H2,1-7H3/t12-,13-/m0/s1. The highest BCUT2D eigenvalue weighted by molar-refractivity contribution is 5.97. The molecule has 0 aliphatic carbocycles. The summed E-state index contributed by atoms with van der Waals surface area (Å²) in [6, 6.07) is 0. The Bertz CT molecular complexity index is 503. The molecule has 1 aliphatic rings. The van der Waals surface area contributed by atoms with Crippen LogP contribution in [0.1, 0.15) is 61.3 Å². The van der Waals surface area contributed by atoms with Gasteiger partial charge in [0.15, 0.2) is 5.78 Å². The van der Waals surface area contributed by atoms with Gasteiger partial charge in [-0.2, -0.15) is 0 Å². The van der Waals surface area contributed by atoms with Gasteiger partial charge < -0.3 is 19.1 Å². The minimum atomic E-state index is -0.726. The molecule has 0 radical (unpaired) electrons. The molecule has 1 aliphatic heterocycles. The monoisotopic (exact) mass is 357 g/mol. The summed E-state index contributed by atoms with van der Waals surface area (Å²) in [6.07, 6.45) is -1.04. The van der Waals surface area contributed by atoms with Crippen LogP contribution in [-0.2, 0) is 23.8 Å². The molecular formula is C18H31NO6. The first kappa shape index (κ1) is 21.4. The molecule has 0 aromatic carbocycles. The molecule has 1 saturated heterocycles. The maximum Gasteiger partial charge on any atom is 0.410 e. The number of ketones is 1. The molecule has 0 unspecified atom stereocenters. The van der Waals surface area contributed by atoms with E-state index in [1.54, 1.807) is 32.6 Å². The van der Waals surface area contributed by atoms with Crippen LogP contribution in [0.5, 0.6) is 0 Å². The van der Waals surface area contributed by atoms with Gasteiger partial charge in [0.1, 0.15) is 23.7 Å². The van der Waals surface area contributed by atoms with E-state index in [2.05, 4.69) is 0 Å². The Hall–Kier alpha value is -1.63. The Labute approximate surface area is 150 Å². The van der Waals surface area contributed by atoms with E-state index in [1.165, 1.54) is 0 Å². The van der Waals surface area contributed by atoms with Crippen molar-refractivity contribution in [1.29, 1.82) is 0 Å². The van der Waals surface area contributed by atoms with Crippen LogP contribution in [-0.4, -0.2) is 59.2 Å². The van der Waals surface area contributed by atoms with Crippen molar-refractivity contribution in [1.82, 2.24) is 4.90 Å². The van der Waals surface area contributed by atoms with Gasteiger partial charge in [-0.25, -0.2) is 4.79 Å². The Morgan fingerprint density at radius 1 is 1.04 bits per heavy atom. The van der Waals surface area contributed by atoms with Gasteiger partial charge in [-0.3, -0.25) is 9.59 Å². The maximum atomic E-state index is 12.1. The van der Waals surface area contributed by atoms with Crippen molar-refractivity contribution < 1.29 is 28.6 Å². The summed E-state index contributed by atoms with van der Waals surface area (Å²) >= 11 is 0. The van der Waals surface area contributed by atoms with E-state index < -0.39 is 23.3 Å². The second-order valence-electron chi connectivity index (χ2n) is 8.34. The number of carbonyl (C=O) groups is 3. The third-order valence-electron chi connectivity index (χ3n) is 3.39. The highest BCUT2D eigenvalue weighted by Gasteiger charge is 2.32. The second-order valence-corrected chi connectivity index (χ2v) is 8.34. The summed E-state index contributed by atoms with van der Waals surface area (Å²) in [4.78, 5) is 37.4. The van der Waals surface area contributed by atoms with Gasteiger partial charge in [0.05, 0.1) is 12.6 Å². The van der Waals surface area contributed by atoms with Crippen molar-refractivity contribution >= 4 is 17.8 Å². The summed E-state index contributed by atoms with van der Waals surface area (Å²) < 4.78 is 16.2. The van der Waals surface area contributed by atoms with Crippen molar-refractivity contribution in [3.05, 3.63) is 0 Å². The summed E-state index contributed by atoms with van der Waals surface area (Å²) in [5.41, 5.74) is -1.17. The van der Waals surface area contributed by atoms with Gasteiger partial charge >= 0.3 is 12.1 Å². The summed E-state index contributed by atoms with van der Waals surface area (Å²) in [7, 11) is 0. The van der Waals surface area contributed by atoms with Gasteiger partial charge in [-0.05, 0) is 54.9 Å². The van der Waals surface area contributed by atoms with Crippen molar-refractivity contribution in [2.75, 3.05) is 13.1 Å². The predicted octanol–water partition coefficient (Wildman–Crippen LogP) is 2.70. The van der Waals surface area contributed by atoms with E-state index >= 15 is 0 Å². The molecule has 144 valence electrons. The van der Waals surface area contributed by atoms with E-state index in [0.29, 0.717) is 19.5 Å². The Balaban J connectivity index is 2.43. The molecule has 0 aromatic rings. The molecule has 7 heteroatoms. The first-order valence-electron chi connectivity index (χ1n) is 8.65. The van der Waals surface area contributed by atoms with Crippen molar-refractivity contribution in [3.8, 4) is 0 Å². The number of Topliss-reactive ketones (excluding diaryl/α,β-unsaturated/α-hetero) is 1. The van der Waals surface area contributed by atoms with Crippen LogP contribution in [0.2, 0.25) is 0 Å². The molecule has 1 heterocycles. The smallest absolute Gasteiger partial charge is 0.410 e. The first-order chi connectivity index (χ1) is 11.3. The number of rotatable bonds is 5. The predicted molar refractivity (Wildman–Crippen MR) is 92.2 cm³/mol. The number of esters is 1. The van der Waals surface area contributed by atoms with Crippen LogP contribution in [0.25, 0.3) is 0 Å². The molecule has 0 bridgehead atoms. The van der Waals surface area contributed by atoms with E-state index in [0.717, 1.165) is 0 Å². The van der Waals surface area contributed by atoms with Gasteiger partial charge in [-0.1, -0.05) is 0 Å². The quantitative estimate of drug-likeness (QED) is 0.556. The van der Waals surface area contributed by atoms with Gasteiger partial charge in [0, 0.05) is 6.54 Å². The number of ether oxygens (including phenoxy) is 3. The topological polar surface area (TPSA) is 82.1 Å². The molecule has 0 N–H and O–H groups in total. The second kappa shape index (κ2) is 8.17. The number of nitrogens with zero attached hydrogens (tertiary/aromatic N) is 1. The largest absolute Gasteiger partial charge is 0.460 e. The number of amides is 1. The lowest BCUT2D eigenvalue weighted by molar-refractivity contribution is -0.158. The summed E-state index contributed by atoms with van der Waals surface area (Å²) in [5.74, 6) is -0.889. The average Bonchev–Trinajstić information content (AvgIpc) is 2.82. The van der Waals surface area contributed by atoms with Crippen LogP contribution in [0.3, 0.4) is 0 Å². The number of likely N-dealkylation sites (tertiary alicyclic amines) is 1. The molecule has 1 amide bonds. The SMILES string of the molecule is C[C@H](O[C@H]1CCN(C(=O)OC(C)(C)C)C1)C(=O)CC(=O)OC(C)(C)C. The Morgan fingerprint density at radius 2 is 1.60 bits per heavy atom. The number of hydrogen-bond acceptors (Lipinski definition) is 6. The normalized spacial score (nSPS) is 19.5. The summed E-state index contributed by atoms with van der Waals surface area (Å²) in [6.45, 7) is 13.2. The molecule has 0 aromatic heterocycles. The third kappa shape index (κ3) is 8.34. The fourth-order valence-electron chi connectivity index (χ4n) is 2.36. The molecule has 1 rings (SSSR count). The maximum absolute atomic E-state index is 12.1. The lowest BCUT2D eigenvalue weighted by Crippen LogP contribution is -2.37. The minimum absolute atomic E-state index is 0.245. The molecule has 2 atom stereocenters. The Kier molecular flexibility index (Phi) is 6.99. The molecule has 0 saturated carbocycles. The van der Waals surface area contributed by atoms with Crippen LogP contribution < -0.4 is 0 Å². The fourth-order valence-corrected chi connectivity index (χ4v) is 2.36. The van der Waals surface area contributed by atoms with Crippen molar-refractivity contribution in [2.24, 2.45) is 0 Å². The highest BCUT2D eigenvalue weighted by Crippen LogP contribution is 2.19. The zero-order valence-electron chi connectivity index (χ0n) is 16.4. The Morgan fingerprint density at radius 3 is 2.12 bits per heavy atom. The highest BCUT2D eigenvalue weighted by atomic mass is 16.6. The van der Waals surface area contributed by atoms with Crippen LogP contribution in [0.4, 0.5) is 4.79 Å². The lowest BCUT2D eigenvalue weighted by atomic mass is 10.1. The number of carbonyl (C=O) groups excluding carboxylic acids is 3. The van der Waals surface area contributed by atoms with Crippen molar-refractivity contribution in [2.45, 2.75) is 84.7 Å². The molecule has 25 heavy (non-hydrogen) atoms. The minimum Gasteiger partial charge on any atom is -0.460 e. The van der Waals surface area contributed by atoms with Crippen LogP contribution >= 0.6 is 0 Å². The van der Waals surface area contributed by atoms with Crippen LogP contribution in [0, 0.1) is 0 Å². The van der Waals surface area contributed by atoms with Crippen LogP contribution in [0.15, 0.2) is 0 Å². The lowest BCUT2D eigenvalue weighted by Gasteiger charge is -2.24. The van der Waals surface area contributed by atoms with Gasteiger partial charge in [-0.15, -0.1) is 0 Å². The fraction of sp³-hybridized carbons (Fsp3) is 0.833.